The number of hydrogen-bond donors (Lipinski definition) is 0. The fourth-order valence-electron chi connectivity index (χ4n) is 0.0833. The van der Waals surface area contributed by atoms with Crippen LogP contribution in [0.5, 0.6) is 0 Å². The van der Waals surface area contributed by atoms with E-state index in [9.17, 15) is 0 Å². The van der Waals surface area contributed by atoms with Crippen molar-refractivity contribution in [2.75, 3.05) is 0 Å². The van der Waals surface area contributed by atoms with Crippen molar-refractivity contribution in [3.05, 3.63) is 0 Å². The Kier molecular flexibility index (Phi) is 1.16. The topological polar surface area (TPSA) is 56.6 Å². The van der Waals surface area contributed by atoms with Crippen LogP contribution in [-0.4, -0.2) is 11.3 Å². The zero-order chi connectivity index (χ0) is 3.91. The van der Waals surface area contributed by atoms with Crippen molar-refractivity contribution in [3.63, 3.8) is 0 Å². The first-order chi connectivity index (χ1) is 2.21. The molecule has 0 atom stereocenters. The molecule has 0 amide bonds. The molecule has 0 bridgehead atoms. The van der Waals surface area contributed by atoms with Gasteiger partial charge in [0.1, 0.15) is 0 Å². The highest BCUT2D eigenvalue weighted by Gasteiger charge is 2.36. The summed E-state index contributed by atoms with van der Waals surface area (Å²) in [7, 11) is 0. The lowest BCUT2D eigenvalue weighted by atomic mass is 10.4. The van der Waals surface area contributed by atoms with Crippen molar-refractivity contribution >= 4 is 0 Å². The van der Waals surface area contributed by atoms with Gasteiger partial charge >= 0.3 is 0 Å². The van der Waals surface area contributed by atoms with Crippen molar-refractivity contribution in [2.45, 2.75) is 19.6 Å². The van der Waals surface area contributed by atoms with Gasteiger partial charge in [-0.15, -0.1) is 0 Å². The lowest BCUT2D eigenvalue weighted by Crippen LogP contribution is -1.89. The Labute approximate surface area is 36.1 Å². The fraction of sp³-hybridized carbons (Fsp3) is 1.00. The molecular weight excluding hydrogens is 84.0 g/mol. The molecule has 0 radical (unpaired) electrons. The molecule has 0 aromatic carbocycles. The Morgan fingerprint density at radius 1 is 1.17 bits per heavy atom. The first-order valence-electron chi connectivity index (χ1n) is 1.57. The second-order valence-corrected chi connectivity index (χ2v) is 1.57. The van der Waals surface area contributed by atoms with Gasteiger partial charge in [-0.05, 0) is 13.8 Å². The molecule has 2 N–H and O–H groups in total. The quantitative estimate of drug-likeness (QED) is 0.308. The summed E-state index contributed by atoms with van der Waals surface area (Å²) >= 11 is 0. The molecule has 3 heteroatoms. The van der Waals surface area contributed by atoms with E-state index in [1.807, 2.05) is 13.8 Å². The summed E-state index contributed by atoms with van der Waals surface area (Å²) < 4.78 is 0. The minimum absolute atomic E-state index is 0. The SMILES string of the molecule is CC1(C)OO1.O. The summed E-state index contributed by atoms with van der Waals surface area (Å²) in [5.74, 6) is -0.250. The summed E-state index contributed by atoms with van der Waals surface area (Å²) in [6.07, 6.45) is 0. The van der Waals surface area contributed by atoms with E-state index in [2.05, 4.69) is 9.78 Å². The van der Waals surface area contributed by atoms with Crippen LogP contribution in [0.4, 0.5) is 0 Å². The van der Waals surface area contributed by atoms with Gasteiger partial charge < -0.3 is 5.48 Å². The standard InChI is InChI=1S/C3H6O2.H2O/c1-3(2)4-5-3;/h1-2H3;1H2. The fourth-order valence-corrected chi connectivity index (χ4v) is 0.0833. The Hall–Kier alpha value is -0.120. The molecule has 1 fully saturated rings. The number of rotatable bonds is 0. The predicted molar refractivity (Wildman–Crippen MR) is 19.9 cm³/mol. The summed E-state index contributed by atoms with van der Waals surface area (Å²) in [6, 6.07) is 0. The van der Waals surface area contributed by atoms with Crippen LogP contribution < -0.4 is 0 Å². The van der Waals surface area contributed by atoms with Crippen molar-refractivity contribution in [3.8, 4) is 0 Å². The van der Waals surface area contributed by atoms with Gasteiger partial charge in [-0.1, -0.05) is 0 Å². The third kappa shape index (κ3) is 1.35. The molecule has 38 valence electrons. The Morgan fingerprint density at radius 3 is 1.33 bits per heavy atom. The molecule has 6 heavy (non-hydrogen) atoms. The highest BCUT2D eigenvalue weighted by molar-refractivity contribution is 4.53. The maximum Gasteiger partial charge on any atom is 0.228 e. The molecular formula is C3H8O3. The molecule has 0 aromatic rings. The minimum atomic E-state index is -0.250. The van der Waals surface area contributed by atoms with Crippen molar-refractivity contribution in [2.24, 2.45) is 0 Å². The maximum atomic E-state index is 4.40. The monoisotopic (exact) mass is 92.0 g/mol. The van der Waals surface area contributed by atoms with E-state index in [-0.39, 0.29) is 11.3 Å². The summed E-state index contributed by atoms with van der Waals surface area (Å²) in [6.45, 7) is 3.71. The minimum Gasteiger partial charge on any atom is -0.412 e. The number of hydrogen-bond acceptors (Lipinski definition) is 2. The van der Waals surface area contributed by atoms with Crippen LogP contribution in [-0.2, 0) is 9.78 Å². The molecule has 1 aliphatic rings. The molecule has 0 saturated carbocycles. The molecule has 1 heterocycles. The van der Waals surface area contributed by atoms with E-state index in [1.54, 1.807) is 0 Å². The van der Waals surface area contributed by atoms with Gasteiger partial charge in [0, 0.05) is 0 Å². The van der Waals surface area contributed by atoms with E-state index in [0.717, 1.165) is 0 Å². The average molecular weight is 92.1 g/mol. The van der Waals surface area contributed by atoms with Crippen LogP contribution in [0.25, 0.3) is 0 Å². The normalized spacial score (nSPS) is 25.0. The van der Waals surface area contributed by atoms with Crippen molar-refractivity contribution in [1.82, 2.24) is 0 Å². The first-order valence-corrected chi connectivity index (χ1v) is 1.57. The Balaban J connectivity index is 0.000000250. The maximum absolute atomic E-state index is 4.40. The highest BCUT2D eigenvalue weighted by Crippen LogP contribution is 2.26. The molecule has 1 rings (SSSR count). The van der Waals surface area contributed by atoms with E-state index < -0.39 is 0 Å². The van der Waals surface area contributed by atoms with E-state index in [0.29, 0.717) is 0 Å². The molecule has 0 aliphatic carbocycles. The van der Waals surface area contributed by atoms with Gasteiger partial charge in [-0.2, -0.15) is 9.78 Å². The highest BCUT2D eigenvalue weighted by atomic mass is 17.4. The van der Waals surface area contributed by atoms with Crippen LogP contribution in [0.3, 0.4) is 0 Å². The van der Waals surface area contributed by atoms with Crippen LogP contribution in [0.1, 0.15) is 13.8 Å². The van der Waals surface area contributed by atoms with E-state index >= 15 is 0 Å². The zero-order valence-corrected chi connectivity index (χ0v) is 3.82. The van der Waals surface area contributed by atoms with Gasteiger partial charge in [0.25, 0.3) is 0 Å². The largest absolute Gasteiger partial charge is 0.412 e. The zero-order valence-electron chi connectivity index (χ0n) is 3.82. The van der Waals surface area contributed by atoms with Crippen LogP contribution in [0, 0.1) is 0 Å². The van der Waals surface area contributed by atoms with Gasteiger partial charge in [0.15, 0.2) is 0 Å². The first kappa shape index (κ1) is 5.88. The lowest BCUT2D eigenvalue weighted by molar-refractivity contribution is 0.0850. The molecule has 1 saturated heterocycles. The molecule has 1 aliphatic heterocycles. The van der Waals surface area contributed by atoms with Crippen LogP contribution in [0.15, 0.2) is 0 Å². The van der Waals surface area contributed by atoms with Crippen molar-refractivity contribution in [1.29, 1.82) is 0 Å². The van der Waals surface area contributed by atoms with Crippen molar-refractivity contribution < 1.29 is 15.3 Å². The van der Waals surface area contributed by atoms with Gasteiger partial charge in [-0.25, -0.2) is 0 Å². The van der Waals surface area contributed by atoms with Crippen LogP contribution in [0.2, 0.25) is 0 Å². The van der Waals surface area contributed by atoms with Gasteiger partial charge in [0.05, 0.1) is 0 Å². The van der Waals surface area contributed by atoms with E-state index in [4.69, 9.17) is 0 Å². The lowest BCUT2D eigenvalue weighted by Gasteiger charge is -1.72. The predicted octanol–water partition coefficient (Wildman–Crippen LogP) is -0.140. The summed E-state index contributed by atoms with van der Waals surface area (Å²) in [5.41, 5.74) is 0. The second-order valence-electron chi connectivity index (χ2n) is 1.57. The van der Waals surface area contributed by atoms with Gasteiger partial charge in [-0.3, -0.25) is 0 Å². The van der Waals surface area contributed by atoms with Crippen LogP contribution >= 0.6 is 0 Å². The molecule has 0 spiro atoms. The van der Waals surface area contributed by atoms with Gasteiger partial charge in [0.2, 0.25) is 5.79 Å². The average Bonchev–Trinajstić information content (AvgIpc) is 1.76. The Bertz CT molecular complexity index is 44.0. The summed E-state index contributed by atoms with van der Waals surface area (Å²) in [4.78, 5) is 8.79. The molecule has 0 unspecified atom stereocenters. The smallest absolute Gasteiger partial charge is 0.228 e. The molecule has 3 nitrogen and oxygen atoms in total. The second kappa shape index (κ2) is 1.18. The molecule has 0 aromatic heterocycles. The third-order valence-electron chi connectivity index (χ3n) is 0.417. The van der Waals surface area contributed by atoms with E-state index in [1.165, 1.54) is 0 Å². The Morgan fingerprint density at radius 2 is 1.33 bits per heavy atom. The summed E-state index contributed by atoms with van der Waals surface area (Å²) in [5, 5.41) is 0. The third-order valence-corrected chi connectivity index (χ3v) is 0.417.